The third-order valence-corrected chi connectivity index (χ3v) is 5.33. The number of hydrogen-bond donors (Lipinski definition) is 2. The molecule has 1 unspecified atom stereocenters. The predicted octanol–water partition coefficient (Wildman–Crippen LogP) is 4.21. The Bertz CT molecular complexity index is 856. The van der Waals surface area contributed by atoms with Gasteiger partial charge in [0, 0.05) is 23.3 Å². The number of carbonyl (C=O) groups excluding carboxylic acids is 1. The molecule has 0 aliphatic carbocycles. The topological polar surface area (TPSA) is 59.0 Å². The first-order chi connectivity index (χ1) is 12.3. The summed E-state index contributed by atoms with van der Waals surface area (Å²) < 4.78 is 1.91. The smallest absolute Gasteiger partial charge is 0.276 e. The van der Waals surface area contributed by atoms with Crippen molar-refractivity contribution in [2.75, 3.05) is 18.4 Å². The zero-order chi connectivity index (χ0) is 17.1. The summed E-state index contributed by atoms with van der Waals surface area (Å²) in [7, 11) is 0. The van der Waals surface area contributed by atoms with Crippen molar-refractivity contribution in [1.29, 1.82) is 0 Å². The van der Waals surface area contributed by atoms with Crippen molar-refractivity contribution in [3.63, 3.8) is 0 Å². The molecule has 1 aliphatic heterocycles. The summed E-state index contributed by atoms with van der Waals surface area (Å²) in [5.41, 5.74) is 2.34. The Morgan fingerprint density at radius 1 is 1.27 bits per heavy atom. The van der Waals surface area contributed by atoms with Gasteiger partial charge in [0.1, 0.15) is 0 Å². The molecule has 1 saturated heterocycles. The maximum atomic E-state index is 12.5. The lowest BCUT2D eigenvalue weighted by atomic mass is 10.1. The second-order valence-corrected chi connectivity index (χ2v) is 7.14. The van der Waals surface area contributed by atoms with Gasteiger partial charge in [0.15, 0.2) is 5.69 Å². The molecule has 0 radical (unpaired) electrons. The third kappa shape index (κ3) is 4.15. The fourth-order valence-electron chi connectivity index (χ4n) is 3.11. The Labute approximate surface area is 162 Å². The molecule has 1 aliphatic rings. The fourth-order valence-corrected chi connectivity index (χ4v) is 3.83. The molecular weight excluding hydrogens is 368 g/mol. The molecule has 2 N–H and O–H groups in total. The van der Waals surface area contributed by atoms with E-state index in [0.717, 1.165) is 37.2 Å². The van der Waals surface area contributed by atoms with Crippen molar-refractivity contribution in [3.8, 4) is 10.4 Å². The van der Waals surface area contributed by atoms with Crippen LogP contribution in [-0.2, 0) is 0 Å². The summed E-state index contributed by atoms with van der Waals surface area (Å²) in [6.07, 6.45) is 4.13. The number of benzene rings is 1. The Hall–Kier alpha value is -2.15. The van der Waals surface area contributed by atoms with Crippen molar-refractivity contribution in [3.05, 3.63) is 59.7 Å². The van der Waals surface area contributed by atoms with E-state index >= 15 is 0 Å². The summed E-state index contributed by atoms with van der Waals surface area (Å²) in [5, 5.41) is 12.8. The number of thiophene rings is 1. The maximum absolute atomic E-state index is 12.5. The highest BCUT2D eigenvalue weighted by Crippen LogP contribution is 2.27. The van der Waals surface area contributed by atoms with Crippen molar-refractivity contribution in [1.82, 2.24) is 15.1 Å². The van der Waals surface area contributed by atoms with Crippen LogP contribution < -0.4 is 10.6 Å². The SMILES string of the molecule is Cl.O=C(Nc1cccc(-c2cccs2)c1)c1ccn(C2CCCNC2)n1. The lowest BCUT2D eigenvalue weighted by Gasteiger charge is -2.22. The molecule has 0 bridgehead atoms. The van der Waals surface area contributed by atoms with Gasteiger partial charge < -0.3 is 10.6 Å². The Balaban J connectivity index is 0.00000196. The average Bonchev–Trinajstić information content (AvgIpc) is 3.35. The van der Waals surface area contributed by atoms with Crippen molar-refractivity contribution in [2.45, 2.75) is 18.9 Å². The molecule has 7 heteroatoms. The van der Waals surface area contributed by atoms with E-state index in [1.165, 1.54) is 4.88 Å². The van der Waals surface area contributed by atoms with Crippen LogP contribution >= 0.6 is 23.7 Å². The van der Waals surface area contributed by atoms with Crippen LogP contribution in [0.3, 0.4) is 0 Å². The van der Waals surface area contributed by atoms with Crippen molar-refractivity contribution < 1.29 is 4.79 Å². The second kappa shape index (κ2) is 8.49. The van der Waals surface area contributed by atoms with Crippen LogP contribution in [0.4, 0.5) is 5.69 Å². The number of carbonyl (C=O) groups is 1. The molecule has 0 spiro atoms. The number of nitrogens with one attached hydrogen (secondary N) is 2. The third-order valence-electron chi connectivity index (χ3n) is 4.41. The number of hydrogen-bond acceptors (Lipinski definition) is 4. The molecule has 1 amide bonds. The molecule has 1 fully saturated rings. The minimum atomic E-state index is -0.175. The minimum Gasteiger partial charge on any atom is -0.321 e. The van der Waals surface area contributed by atoms with E-state index in [9.17, 15) is 4.79 Å². The van der Waals surface area contributed by atoms with E-state index in [2.05, 4.69) is 21.8 Å². The number of halogens is 1. The number of rotatable bonds is 4. The van der Waals surface area contributed by atoms with Gasteiger partial charge in [0.2, 0.25) is 0 Å². The van der Waals surface area contributed by atoms with E-state index in [4.69, 9.17) is 0 Å². The molecule has 3 heterocycles. The number of amides is 1. The van der Waals surface area contributed by atoms with Crippen LogP contribution in [-0.4, -0.2) is 28.8 Å². The van der Waals surface area contributed by atoms with Gasteiger partial charge in [-0.3, -0.25) is 9.48 Å². The number of piperidine rings is 1. The van der Waals surface area contributed by atoms with Crippen molar-refractivity contribution in [2.24, 2.45) is 0 Å². The summed E-state index contributed by atoms with van der Waals surface area (Å²) in [6.45, 7) is 1.97. The second-order valence-electron chi connectivity index (χ2n) is 6.19. The molecule has 3 aromatic rings. The summed E-state index contributed by atoms with van der Waals surface area (Å²) in [6, 6.07) is 14.1. The molecule has 4 rings (SSSR count). The van der Waals surface area contributed by atoms with Gasteiger partial charge >= 0.3 is 0 Å². The van der Waals surface area contributed by atoms with Gasteiger partial charge in [-0.1, -0.05) is 18.2 Å². The predicted molar refractivity (Wildman–Crippen MR) is 108 cm³/mol. The fraction of sp³-hybridized carbons (Fsp3) is 0.263. The Morgan fingerprint density at radius 3 is 2.96 bits per heavy atom. The highest BCUT2D eigenvalue weighted by Gasteiger charge is 2.17. The summed E-state index contributed by atoms with van der Waals surface area (Å²) in [5.74, 6) is -0.175. The Kier molecular flexibility index (Phi) is 6.08. The van der Waals surface area contributed by atoms with Gasteiger partial charge in [-0.2, -0.15) is 5.10 Å². The molecule has 1 atom stereocenters. The monoisotopic (exact) mass is 388 g/mol. The molecule has 136 valence electrons. The van der Waals surface area contributed by atoms with E-state index in [0.29, 0.717) is 11.7 Å². The normalized spacial score (nSPS) is 16.7. The minimum absolute atomic E-state index is 0. The highest BCUT2D eigenvalue weighted by molar-refractivity contribution is 7.13. The van der Waals surface area contributed by atoms with Gasteiger partial charge in [-0.25, -0.2) is 0 Å². The Morgan fingerprint density at radius 2 is 2.19 bits per heavy atom. The first-order valence-corrected chi connectivity index (χ1v) is 9.39. The number of anilines is 1. The van der Waals surface area contributed by atoms with Crippen LogP contribution in [0, 0.1) is 0 Å². The largest absolute Gasteiger partial charge is 0.321 e. The van der Waals surface area contributed by atoms with E-state index in [1.54, 1.807) is 17.4 Å². The van der Waals surface area contributed by atoms with Gasteiger partial charge in [-0.15, -0.1) is 23.7 Å². The van der Waals surface area contributed by atoms with E-state index in [1.807, 2.05) is 46.6 Å². The summed E-state index contributed by atoms with van der Waals surface area (Å²) >= 11 is 1.68. The standard InChI is InChI=1S/C19H20N4OS.ClH/c24-19(17-8-10-23(22-17)16-6-2-9-20-13-16)21-15-5-1-4-14(12-15)18-7-3-11-25-18;/h1,3-5,7-8,10-12,16,20H,2,6,9,13H2,(H,21,24);1H. The molecule has 0 saturated carbocycles. The van der Waals surface area contributed by atoms with Crippen LogP contribution in [0.25, 0.3) is 10.4 Å². The lowest BCUT2D eigenvalue weighted by molar-refractivity contribution is 0.102. The number of aromatic nitrogens is 2. The molecule has 5 nitrogen and oxygen atoms in total. The molecule has 2 aromatic heterocycles. The lowest BCUT2D eigenvalue weighted by Crippen LogP contribution is -2.32. The van der Waals surface area contributed by atoms with Crippen LogP contribution in [0.15, 0.2) is 54.0 Å². The zero-order valence-corrected chi connectivity index (χ0v) is 15.9. The first-order valence-electron chi connectivity index (χ1n) is 8.51. The number of nitrogens with zero attached hydrogens (tertiary/aromatic N) is 2. The maximum Gasteiger partial charge on any atom is 0.276 e. The molecular formula is C19H21ClN4OS. The average molecular weight is 389 g/mol. The van der Waals surface area contributed by atoms with Crippen LogP contribution in [0.1, 0.15) is 29.4 Å². The first kappa shape index (κ1) is 18.6. The van der Waals surface area contributed by atoms with E-state index in [-0.39, 0.29) is 18.3 Å². The highest BCUT2D eigenvalue weighted by atomic mass is 35.5. The quantitative estimate of drug-likeness (QED) is 0.703. The molecule has 26 heavy (non-hydrogen) atoms. The van der Waals surface area contributed by atoms with E-state index < -0.39 is 0 Å². The van der Waals surface area contributed by atoms with Crippen molar-refractivity contribution >= 4 is 35.3 Å². The van der Waals surface area contributed by atoms with Gasteiger partial charge in [-0.05, 0) is 54.6 Å². The van der Waals surface area contributed by atoms with Crippen LogP contribution in [0.5, 0.6) is 0 Å². The zero-order valence-electron chi connectivity index (χ0n) is 14.2. The van der Waals surface area contributed by atoms with Gasteiger partial charge in [0.05, 0.1) is 6.04 Å². The molecule has 1 aromatic carbocycles. The van der Waals surface area contributed by atoms with Gasteiger partial charge in [0.25, 0.3) is 5.91 Å². The van der Waals surface area contributed by atoms with Crippen LogP contribution in [0.2, 0.25) is 0 Å². The summed E-state index contributed by atoms with van der Waals surface area (Å²) in [4.78, 5) is 13.7.